The van der Waals surface area contributed by atoms with Crippen LogP contribution in [0, 0.1) is 0 Å². The summed E-state index contributed by atoms with van der Waals surface area (Å²) >= 11 is 0. The minimum atomic E-state index is 0.867. The smallest absolute Gasteiger partial charge is 0.144 e. The highest BCUT2D eigenvalue weighted by atomic mass is 16.3. The van der Waals surface area contributed by atoms with Crippen molar-refractivity contribution in [3.05, 3.63) is 231 Å². The molecule has 0 atom stereocenters. The second-order valence-electron chi connectivity index (χ2n) is 18.4. The van der Waals surface area contributed by atoms with Crippen LogP contribution < -0.4 is 0 Å². The first-order valence-electron chi connectivity index (χ1n) is 24.1. The third-order valence-electron chi connectivity index (χ3n) is 14.3. The molecule has 0 saturated carbocycles. The molecule has 0 spiro atoms. The Kier molecular flexibility index (Phi) is 8.86. The number of aromatic nitrogens is 2. The standard InChI is InChI=1S/2C33H19NO2/c1-2-8-24-21(6-1)15-16-28-30(24)32-29(35-28)18-26(33-31(32)25-9-3-4-10-27(25)36-33)22-13-11-20(12-14-22)23-7-5-17-34-19-23;1-2-6-24-22(5-1)13-14-28-30(24)32-29(35-28)19-26(33-31(32)25-7-3-4-8-27(25)36-33)23-11-9-20(10-12-23)21-15-17-34-18-16-21/h2*1-19H. The van der Waals surface area contributed by atoms with E-state index < -0.39 is 0 Å². The van der Waals surface area contributed by atoms with E-state index in [1.54, 1.807) is 6.20 Å². The summed E-state index contributed by atoms with van der Waals surface area (Å²) < 4.78 is 26.1. The molecular formula is C66H38N2O4. The summed E-state index contributed by atoms with van der Waals surface area (Å²) in [5.41, 5.74) is 15.8. The van der Waals surface area contributed by atoms with Crippen LogP contribution >= 0.6 is 0 Å². The van der Waals surface area contributed by atoms with Gasteiger partial charge in [0.15, 0.2) is 0 Å². The Bertz CT molecular complexity index is 4470. The molecule has 0 N–H and O–H groups in total. The van der Waals surface area contributed by atoms with Gasteiger partial charge >= 0.3 is 0 Å². The monoisotopic (exact) mass is 922 g/mol. The maximum absolute atomic E-state index is 6.54. The molecule has 10 aromatic carbocycles. The van der Waals surface area contributed by atoms with Crippen LogP contribution in [-0.2, 0) is 0 Å². The fourth-order valence-electron chi connectivity index (χ4n) is 11.0. The number of hydrogen-bond acceptors (Lipinski definition) is 6. The van der Waals surface area contributed by atoms with Crippen LogP contribution in [0.2, 0.25) is 0 Å². The largest absolute Gasteiger partial charge is 0.456 e. The molecule has 0 aliphatic heterocycles. The number of rotatable bonds is 4. The Morgan fingerprint density at radius 1 is 0.250 bits per heavy atom. The average Bonchev–Trinajstić information content (AvgIpc) is 4.24. The van der Waals surface area contributed by atoms with Crippen LogP contribution in [0.3, 0.4) is 0 Å². The molecule has 6 aromatic heterocycles. The van der Waals surface area contributed by atoms with Gasteiger partial charge in [0.05, 0.1) is 0 Å². The highest BCUT2D eigenvalue weighted by Crippen LogP contribution is 2.48. The van der Waals surface area contributed by atoms with E-state index >= 15 is 0 Å². The molecular weight excluding hydrogens is 885 g/mol. The van der Waals surface area contributed by atoms with Gasteiger partial charge in [-0.3, -0.25) is 9.97 Å². The highest BCUT2D eigenvalue weighted by Gasteiger charge is 2.24. The Morgan fingerprint density at radius 2 is 0.694 bits per heavy atom. The Balaban J connectivity index is 0.000000128. The second-order valence-corrected chi connectivity index (χ2v) is 18.4. The number of furan rings is 4. The van der Waals surface area contributed by atoms with Gasteiger partial charge in [0.1, 0.15) is 44.7 Å². The lowest BCUT2D eigenvalue weighted by Gasteiger charge is -2.07. The van der Waals surface area contributed by atoms with Crippen LogP contribution in [-0.4, -0.2) is 9.97 Å². The first kappa shape index (κ1) is 40.1. The minimum Gasteiger partial charge on any atom is -0.456 e. The Hall–Kier alpha value is -9.78. The quantitative estimate of drug-likeness (QED) is 0.175. The van der Waals surface area contributed by atoms with Gasteiger partial charge < -0.3 is 17.7 Å². The summed E-state index contributed by atoms with van der Waals surface area (Å²) in [6.45, 7) is 0. The van der Waals surface area contributed by atoms with Crippen LogP contribution in [0.1, 0.15) is 0 Å². The zero-order valence-corrected chi connectivity index (χ0v) is 38.5. The molecule has 0 fully saturated rings. The molecule has 0 aliphatic rings. The zero-order chi connectivity index (χ0) is 47.3. The number of fused-ring (bicyclic) bond motifs is 18. The molecule has 16 aromatic rings. The van der Waals surface area contributed by atoms with Crippen LogP contribution in [0.25, 0.3) is 154 Å². The lowest BCUT2D eigenvalue weighted by atomic mass is 9.95. The summed E-state index contributed by atoms with van der Waals surface area (Å²) in [5.74, 6) is 0. The second kappa shape index (κ2) is 15.9. The summed E-state index contributed by atoms with van der Waals surface area (Å²) in [6.07, 6.45) is 7.32. The number of hydrogen-bond donors (Lipinski definition) is 0. The summed E-state index contributed by atoms with van der Waals surface area (Å²) in [7, 11) is 0. The minimum absolute atomic E-state index is 0.867. The molecule has 0 saturated heterocycles. The molecule has 16 rings (SSSR count). The molecule has 0 bridgehead atoms. The van der Waals surface area contributed by atoms with Crippen molar-refractivity contribution < 1.29 is 17.7 Å². The van der Waals surface area contributed by atoms with Crippen molar-refractivity contribution in [3.8, 4) is 44.5 Å². The third kappa shape index (κ3) is 6.22. The number of para-hydroxylation sites is 2. The first-order valence-corrected chi connectivity index (χ1v) is 24.1. The van der Waals surface area contributed by atoms with Gasteiger partial charge in [-0.25, -0.2) is 0 Å². The van der Waals surface area contributed by atoms with Gasteiger partial charge in [0, 0.05) is 79.0 Å². The number of nitrogens with zero attached hydrogens (tertiary/aromatic N) is 2. The molecule has 72 heavy (non-hydrogen) atoms. The summed E-state index contributed by atoms with van der Waals surface area (Å²) in [6, 6.07) is 71.4. The number of pyridine rings is 2. The maximum atomic E-state index is 6.54. The third-order valence-corrected chi connectivity index (χ3v) is 14.3. The maximum Gasteiger partial charge on any atom is 0.144 e. The zero-order valence-electron chi connectivity index (χ0n) is 38.5. The lowest BCUT2D eigenvalue weighted by Crippen LogP contribution is -1.83. The van der Waals surface area contributed by atoms with E-state index in [-0.39, 0.29) is 0 Å². The first-order chi connectivity index (χ1) is 35.7. The van der Waals surface area contributed by atoms with Crippen LogP contribution in [0.15, 0.2) is 249 Å². The van der Waals surface area contributed by atoms with Gasteiger partial charge in [0.25, 0.3) is 0 Å². The fourth-order valence-corrected chi connectivity index (χ4v) is 11.0. The van der Waals surface area contributed by atoms with Crippen molar-refractivity contribution >= 4 is 109 Å². The van der Waals surface area contributed by atoms with E-state index in [4.69, 9.17) is 17.7 Å². The summed E-state index contributed by atoms with van der Waals surface area (Å²) in [5, 5.41) is 13.7. The van der Waals surface area contributed by atoms with Crippen molar-refractivity contribution in [1.29, 1.82) is 0 Å². The van der Waals surface area contributed by atoms with Crippen molar-refractivity contribution in [2.45, 2.75) is 0 Å². The fraction of sp³-hybridized carbons (Fsp3) is 0. The van der Waals surface area contributed by atoms with E-state index in [1.165, 1.54) is 21.5 Å². The van der Waals surface area contributed by atoms with E-state index in [0.717, 1.165) is 132 Å². The normalized spacial score (nSPS) is 11.9. The summed E-state index contributed by atoms with van der Waals surface area (Å²) in [4.78, 5) is 8.39. The topological polar surface area (TPSA) is 78.3 Å². The molecule has 0 aliphatic carbocycles. The van der Waals surface area contributed by atoms with Crippen LogP contribution in [0.4, 0.5) is 0 Å². The highest BCUT2D eigenvalue weighted by molar-refractivity contribution is 6.34. The van der Waals surface area contributed by atoms with Gasteiger partial charge in [-0.05, 0) is 110 Å². The van der Waals surface area contributed by atoms with Gasteiger partial charge in [-0.1, -0.05) is 152 Å². The van der Waals surface area contributed by atoms with Gasteiger partial charge in [-0.2, -0.15) is 0 Å². The van der Waals surface area contributed by atoms with E-state index in [2.05, 4.69) is 174 Å². The van der Waals surface area contributed by atoms with Crippen molar-refractivity contribution in [3.63, 3.8) is 0 Å². The average molecular weight is 923 g/mol. The SMILES string of the molecule is c1ccc2c(c1)ccc1oc3cc(-c4ccc(-c5ccncc5)cc4)c4oc5ccccc5c4c3c12.c1cncc(-c2ccc(-c3cc4oc5ccc6ccccc6c5c4c4c3oc3ccccc34)cc2)c1. The Labute approximate surface area is 410 Å². The van der Waals surface area contributed by atoms with E-state index in [0.29, 0.717) is 0 Å². The predicted octanol–water partition coefficient (Wildman–Crippen LogP) is 18.7. The van der Waals surface area contributed by atoms with Gasteiger partial charge in [0.2, 0.25) is 0 Å². The molecule has 6 heteroatoms. The molecule has 0 radical (unpaired) electrons. The predicted molar refractivity (Wildman–Crippen MR) is 294 cm³/mol. The van der Waals surface area contributed by atoms with Gasteiger partial charge in [-0.15, -0.1) is 0 Å². The van der Waals surface area contributed by atoms with E-state index in [1.807, 2.05) is 61.1 Å². The molecule has 0 amide bonds. The lowest BCUT2D eigenvalue weighted by molar-refractivity contribution is 0.664. The number of benzene rings is 10. The Morgan fingerprint density at radius 3 is 1.19 bits per heavy atom. The molecule has 336 valence electrons. The molecule has 6 heterocycles. The van der Waals surface area contributed by atoms with Crippen molar-refractivity contribution in [2.24, 2.45) is 0 Å². The van der Waals surface area contributed by atoms with E-state index in [9.17, 15) is 0 Å². The molecule has 6 nitrogen and oxygen atoms in total. The molecule has 0 unspecified atom stereocenters. The van der Waals surface area contributed by atoms with Crippen molar-refractivity contribution in [1.82, 2.24) is 9.97 Å². The van der Waals surface area contributed by atoms with Crippen molar-refractivity contribution in [2.75, 3.05) is 0 Å². The van der Waals surface area contributed by atoms with Crippen LogP contribution in [0.5, 0.6) is 0 Å².